The molecule has 0 spiro atoms. The Morgan fingerprint density at radius 1 is 0.900 bits per heavy atom. The molecule has 1 N–H and O–H groups in total. The second kappa shape index (κ2) is 4.46. The summed E-state index contributed by atoms with van der Waals surface area (Å²) in [4.78, 5) is 3.50. The lowest BCUT2D eigenvalue weighted by Crippen LogP contribution is -1.98. The Bertz CT molecular complexity index is 833. The zero-order valence-corrected chi connectivity index (χ0v) is 10.9. The van der Waals surface area contributed by atoms with Crippen molar-refractivity contribution in [3.63, 3.8) is 0 Å². The molecule has 2 heterocycles. The third-order valence-corrected chi connectivity index (χ3v) is 3.61. The molecule has 0 radical (unpaired) electrons. The number of benzene rings is 2. The highest BCUT2D eigenvalue weighted by molar-refractivity contribution is 5.95. The molecule has 3 nitrogen and oxygen atoms in total. The van der Waals surface area contributed by atoms with Gasteiger partial charge in [0.05, 0.1) is 6.20 Å². The van der Waals surface area contributed by atoms with Crippen molar-refractivity contribution in [3.05, 3.63) is 72.1 Å². The van der Waals surface area contributed by atoms with Crippen molar-refractivity contribution < 1.29 is 0 Å². The van der Waals surface area contributed by atoms with E-state index in [2.05, 4.69) is 51.6 Å². The van der Waals surface area contributed by atoms with Crippen LogP contribution >= 0.6 is 0 Å². The molecule has 0 bridgehead atoms. The summed E-state index contributed by atoms with van der Waals surface area (Å²) in [5, 5.41) is 9.54. The Kier molecular flexibility index (Phi) is 2.49. The summed E-state index contributed by atoms with van der Waals surface area (Å²) in [6, 6.07) is 18.7. The van der Waals surface area contributed by atoms with Gasteiger partial charge >= 0.3 is 0 Å². The number of hydrogen-bond acceptors (Lipinski definition) is 2. The van der Waals surface area contributed by atoms with Crippen LogP contribution in [-0.2, 0) is 6.42 Å². The van der Waals surface area contributed by atoms with Crippen molar-refractivity contribution in [3.8, 4) is 11.3 Å². The van der Waals surface area contributed by atoms with Gasteiger partial charge in [-0.15, -0.1) is 5.10 Å². The minimum atomic E-state index is 0.834. The Morgan fingerprint density at radius 2 is 1.70 bits per heavy atom. The molecule has 0 saturated heterocycles. The van der Waals surface area contributed by atoms with E-state index in [4.69, 9.17) is 0 Å². The van der Waals surface area contributed by atoms with Crippen LogP contribution in [0.2, 0.25) is 0 Å². The largest absolute Gasteiger partial charge is 0.356 e. The van der Waals surface area contributed by atoms with E-state index < -0.39 is 0 Å². The van der Waals surface area contributed by atoms with E-state index in [-0.39, 0.29) is 0 Å². The maximum Gasteiger partial charge on any atom is 0.115 e. The smallest absolute Gasteiger partial charge is 0.115 e. The van der Waals surface area contributed by atoms with Crippen LogP contribution in [0.4, 0.5) is 0 Å². The Labute approximate surface area is 116 Å². The number of para-hydroxylation sites is 1. The molecule has 2 aliphatic heterocycles. The van der Waals surface area contributed by atoms with Crippen LogP contribution in [0.3, 0.4) is 0 Å². The maximum absolute atomic E-state index is 4.28. The summed E-state index contributed by atoms with van der Waals surface area (Å²) in [6.07, 6.45) is 2.68. The number of nitrogens with one attached hydrogen (secondary N) is 1. The van der Waals surface area contributed by atoms with Crippen molar-refractivity contribution in [2.24, 2.45) is 0 Å². The molecular weight excluding hydrogens is 246 g/mol. The van der Waals surface area contributed by atoms with Gasteiger partial charge in [-0.3, -0.25) is 0 Å². The lowest BCUT2D eigenvalue weighted by Gasteiger charge is -2.10. The fourth-order valence-electron chi connectivity index (χ4n) is 2.66. The number of aromatic nitrogens is 3. The van der Waals surface area contributed by atoms with Crippen LogP contribution in [0, 0.1) is 0 Å². The summed E-state index contributed by atoms with van der Waals surface area (Å²) in [5.74, 6) is 0. The number of hydrogen-bond donors (Lipinski definition) is 1. The average molecular weight is 259 g/mol. The van der Waals surface area contributed by atoms with Gasteiger partial charge in [0, 0.05) is 28.6 Å². The van der Waals surface area contributed by atoms with Crippen molar-refractivity contribution in [1.82, 2.24) is 15.2 Å². The Hall–Kier alpha value is -2.68. The fourth-order valence-corrected chi connectivity index (χ4v) is 2.66. The SMILES string of the molecule is c1ccc(Cc2[nH]c3ccccc3c3cnnc2-3)cc1. The lowest BCUT2D eigenvalue weighted by atomic mass is 10.0. The van der Waals surface area contributed by atoms with Crippen molar-refractivity contribution in [2.75, 3.05) is 0 Å². The maximum atomic E-state index is 4.28. The van der Waals surface area contributed by atoms with Crippen LogP contribution in [-0.4, -0.2) is 15.2 Å². The molecule has 20 heavy (non-hydrogen) atoms. The second-order valence-corrected chi connectivity index (χ2v) is 4.92. The van der Waals surface area contributed by atoms with Crippen LogP contribution in [0.25, 0.3) is 22.2 Å². The normalized spacial score (nSPS) is 11.2. The first-order valence-corrected chi connectivity index (χ1v) is 6.67. The van der Waals surface area contributed by atoms with Crippen LogP contribution in [0.15, 0.2) is 60.8 Å². The molecule has 0 atom stereocenters. The monoisotopic (exact) mass is 259 g/mol. The van der Waals surface area contributed by atoms with E-state index in [1.54, 1.807) is 0 Å². The van der Waals surface area contributed by atoms with Gasteiger partial charge in [0.25, 0.3) is 0 Å². The molecule has 2 aliphatic rings. The molecule has 2 aromatic rings. The standard InChI is InChI=1S/C17H13N3/c1-2-6-12(7-3-1)10-16-17-14(11-18-20-17)13-8-4-5-9-15(13)19-16/h1-9,11,19H,10H2. The van der Waals surface area contributed by atoms with E-state index >= 15 is 0 Å². The minimum Gasteiger partial charge on any atom is -0.356 e. The molecule has 0 fully saturated rings. The predicted molar refractivity (Wildman–Crippen MR) is 79.8 cm³/mol. The molecule has 0 aliphatic carbocycles. The third kappa shape index (κ3) is 1.75. The van der Waals surface area contributed by atoms with Gasteiger partial charge in [0.1, 0.15) is 5.69 Å². The topological polar surface area (TPSA) is 41.6 Å². The van der Waals surface area contributed by atoms with Gasteiger partial charge in [0.2, 0.25) is 0 Å². The number of pyridine rings is 1. The van der Waals surface area contributed by atoms with Gasteiger partial charge in [0.15, 0.2) is 0 Å². The fraction of sp³-hybridized carbons (Fsp3) is 0.0588. The first-order chi connectivity index (χ1) is 9.92. The molecule has 2 aromatic carbocycles. The van der Waals surface area contributed by atoms with Gasteiger partial charge in [-0.1, -0.05) is 48.5 Å². The Morgan fingerprint density at radius 3 is 2.60 bits per heavy atom. The van der Waals surface area contributed by atoms with Gasteiger partial charge in [-0.2, -0.15) is 5.10 Å². The highest BCUT2D eigenvalue weighted by Crippen LogP contribution is 2.31. The number of H-pyrrole nitrogens is 1. The van der Waals surface area contributed by atoms with Gasteiger partial charge in [-0.05, 0) is 11.6 Å². The van der Waals surface area contributed by atoms with Crippen molar-refractivity contribution in [2.45, 2.75) is 6.42 Å². The number of aromatic amines is 1. The molecule has 0 saturated carbocycles. The van der Waals surface area contributed by atoms with Crippen LogP contribution in [0.1, 0.15) is 11.3 Å². The lowest BCUT2D eigenvalue weighted by molar-refractivity contribution is 1.04. The van der Waals surface area contributed by atoms with E-state index in [1.807, 2.05) is 24.4 Å². The van der Waals surface area contributed by atoms with Gasteiger partial charge in [-0.25, -0.2) is 0 Å². The first kappa shape index (κ1) is 11.2. The molecule has 4 rings (SSSR count). The molecule has 0 unspecified atom stereocenters. The number of rotatable bonds is 2. The zero-order valence-electron chi connectivity index (χ0n) is 10.9. The van der Waals surface area contributed by atoms with Crippen LogP contribution < -0.4 is 0 Å². The number of fused-ring (bicyclic) bond motifs is 3. The van der Waals surface area contributed by atoms with E-state index in [9.17, 15) is 0 Å². The second-order valence-electron chi connectivity index (χ2n) is 4.92. The van der Waals surface area contributed by atoms with E-state index in [1.165, 1.54) is 10.9 Å². The summed E-state index contributed by atoms with van der Waals surface area (Å²) in [5.41, 5.74) is 5.59. The summed E-state index contributed by atoms with van der Waals surface area (Å²) in [7, 11) is 0. The molecule has 3 heteroatoms. The molecule has 0 aromatic heterocycles. The zero-order chi connectivity index (χ0) is 13.4. The average Bonchev–Trinajstić information content (AvgIpc) is 2.98. The summed E-state index contributed by atoms with van der Waals surface area (Å²) < 4.78 is 0. The highest BCUT2D eigenvalue weighted by atomic mass is 15.1. The first-order valence-electron chi connectivity index (χ1n) is 6.67. The van der Waals surface area contributed by atoms with Gasteiger partial charge < -0.3 is 4.98 Å². The highest BCUT2D eigenvalue weighted by Gasteiger charge is 2.15. The molecular formula is C17H13N3. The van der Waals surface area contributed by atoms with E-state index in [0.717, 1.165) is 28.9 Å². The Balaban J connectivity index is 1.92. The van der Waals surface area contributed by atoms with E-state index in [0.29, 0.717) is 0 Å². The summed E-state index contributed by atoms with van der Waals surface area (Å²) in [6.45, 7) is 0. The summed E-state index contributed by atoms with van der Waals surface area (Å²) >= 11 is 0. The molecule has 0 amide bonds. The van der Waals surface area contributed by atoms with Crippen molar-refractivity contribution in [1.29, 1.82) is 0 Å². The predicted octanol–water partition coefficient (Wildman–Crippen LogP) is 3.65. The van der Waals surface area contributed by atoms with Crippen molar-refractivity contribution >= 4 is 10.9 Å². The van der Waals surface area contributed by atoms with Crippen LogP contribution in [0.5, 0.6) is 0 Å². The quantitative estimate of drug-likeness (QED) is 0.597. The third-order valence-electron chi connectivity index (χ3n) is 3.61. The minimum absolute atomic E-state index is 0.834. The number of nitrogens with zero attached hydrogens (tertiary/aromatic N) is 2. The molecule has 96 valence electrons.